The van der Waals surface area contributed by atoms with Gasteiger partial charge in [0.05, 0.1) is 23.2 Å². The van der Waals surface area contributed by atoms with Gasteiger partial charge >= 0.3 is 0 Å². The number of carbonyl (C=O) groups excluding carboxylic acids is 1. The van der Waals surface area contributed by atoms with Gasteiger partial charge in [-0.15, -0.1) is 5.10 Å². The highest BCUT2D eigenvalue weighted by Crippen LogP contribution is 2.48. The monoisotopic (exact) mass is 563 g/mol. The molecule has 6 rings (SSSR count). The normalized spacial score (nSPS) is 14.8. The second-order valence-electron chi connectivity index (χ2n) is 12.0. The second kappa shape index (κ2) is 11.6. The fourth-order valence-electron chi connectivity index (χ4n) is 5.51. The molecule has 0 aliphatic heterocycles. The van der Waals surface area contributed by atoms with Crippen LogP contribution in [0.15, 0.2) is 60.4 Å². The van der Waals surface area contributed by atoms with E-state index in [2.05, 4.69) is 49.0 Å². The molecule has 4 aromatic rings. The first-order valence-electron chi connectivity index (χ1n) is 14.8. The summed E-state index contributed by atoms with van der Waals surface area (Å²) in [6.07, 6.45) is 9.37. The van der Waals surface area contributed by atoms with Crippen LogP contribution in [0, 0.1) is 12.8 Å². The van der Waals surface area contributed by atoms with Gasteiger partial charge in [0, 0.05) is 37.0 Å². The van der Waals surface area contributed by atoms with E-state index in [4.69, 9.17) is 0 Å². The highest BCUT2D eigenvalue weighted by molar-refractivity contribution is 5.91. The molecule has 9 nitrogen and oxygen atoms in total. The fraction of sp³-hybridized carbons (Fsp3) is 0.394. The Kier molecular flexibility index (Phi) is 7.68. The van der Waals surface area contributed by atoms with Crippen molar-refractivity contribution in [2.75, 3.05) is 0 Å². The SMILES string of the molecule is Cc1ccc(CNC(=O)c2cn(CCCCc3cc4c(nn3)CC(C3CC3)=C4c3cccc(C(C)(C)O)c3)nn2)cn1. The molecular formula is C33H37N7O2. The summed E-state index contributed by atoms with van der Waals surface area (Å²) in [5, 5.41) is 30.9. The highest BCUT2D eigenvalue weighted by Gasteiger charge is 2.35. The molecule has 0 radical (unpaired) electrons. The van der Waals surface area contributed by atoms with Crippen molar-refractivity contribution in [1.82, 2.24) is 35.5 Å². The number of aliphatic hydroxyl groups is 1. The van der Waals surface area contributed by atoms with Crippen molar-refractivity contribution in [2.24, 2.45) is 5.92 Å². The topological polar surface area (TPSA) is 119 Å². The number of pyridine rings is 1. The number of rotatable bonds is 11. The number of aryl methyl sites for hydroxylation is 3. The third-order valence-electron chi connectivity index (χ3n) is 8.06. The second-order valence-corrected chi connectivity index (χ2v) is 12.0. The van der Waals surface area contributed by atoms with Crippen LogP contribution in [0.2, 0.25) is 0 Å². The average Bonchev–Trinajstić information content (AvgIpc) is 3.59. The first kappa shape index (κ1) is 27.9. The van der Waals surface area contributed by atoms with E-state index in [9.17, 15) is 9.90 Å². The molecule has 1 saturated carbocycles. The molecular weight excluding hydrogens is 526 g/mol. The summed E-state index contributed by atoms with van der Waals surface area (Å²) in [6, 6.07) is 14.4. The van der Waals surface area contributed by atoms with E-state index in [0.29, 0.717) is 24.7 Å². The van der Waals surface area contributed by atoms with E-state index in [1.807, 2.05) is 45.0 Å². The molecule has 9 heteroatoms. The minimum absolute atomic E-state index is 0.252. The summed E-state index contributed by atoms with van der Waals surface area (Å²) >= 11 is 0. The van der Waals surface area contributed by atoms with Gasteiger partial charge in [-0.25, -0.2) is 0 Å². The van der Waals surface area contributed by atoms with Crippen LogP contribution in [0.3, 0.4) is 0 Å². The molecule has 3 heterocycles. The van der Waals surface area contributed by atoms with E-state index in [-0.39, 0.29) is 5.91 Å². The van der Waals surface area contributed by atoms with Crippen LogP contribution in [0.5, 0.6) is 0 Å². The van der Waals surface area contributed by atoms with E-state index >= 15 is 0 Å². The van der Waals surface area contributed by atoms with Gasteiger partial charge in [-0.2, -0.15) is 10.2 Å². The summed E-state index contributed by atoms with van der Waals surface area (Å²) < 4.78 is 1.72. The third-order valence-corrected chi connectivity index (χ3v) is 8.06. The third kappa shape index (κ3) is 6.31. The molecule has 2 aliphatic carbocycles. The van der Waals surface area contributed by atoms with Crippen LogP contribution in [0.1, 0.15) is 89.4 Å². The molecule has 0 spiro atoms. The molecule has 0 unspecified atom stereocenters. The van der Waals surface area contributed by atoms with Crippen LogP contribution < -0.4 is 5.32 Å². The molecule has 1 amide bonds. The summed E-state index contributed by atoms with van der Waals surface area (Å²) in [7, 11) is 0. The van der Waals surface area contributed by atoms with Crippen LogP contribution >= 0.6 is 0 Å². The Balaban J connectivity index is 1.06. The number of hydrogen-bond acceptors (Lipinski definition) is 7. The maximum atomic E-state index is 12.5. The zero-order chi connectivity index (χ0) is 29.3. The Morgan fingerprint density at radius 3 is 2.71 bits per heavy atom. The van der Waals surface area contributed by atoms with Gasteiger partial charge in [0.2, 0.25) is 0 Å². The van der Waals surface area contributed by atoms with Crippen LogP contribution in [0.25, 0.3) is 5.57 Å². The number of allylic oxidation sites excluding steroid dienone is 1. The molecule has 0 saturated heterocycles. The minimum Gasteiger partial charge on any atom is -0.386 e. The number of hydrogen-bond donors (Lipinski definition) is 2. The minimum atomic E-state index is -0.896. The lowest BCUT2D eigenvalue weighted by molar-refractivity contribution is 0.0785. The highest BCUT2D eigenvalue weighted by atomic mass is 16.3. The lowest BCUT2D eigenvalue weighted by Gasteiger charge is -2.19. The Bertz CT molecular complexity index is 1630. The number of amides is 1. The number of nitrogens with one attached hydrogen (secondary N) is 1. The van der Waals surface area contributed by atoms with Gasteiger partial charge < -0.3 is 10.4 Å². The number of aromatic nitrogens is 6. The van der Waals surface area contributed by atoms with Gasteiger partial charge in [-0.3, -0.25) is 14.5 Å². The van der Waals surface area contributed by atoms with E-state index < -0.39 is 5.60 Å². The smallest absolute Gasteiger partial charge is 0.273 e. The number of benzene rings is 1. The van der Waals surface area contributed by atoms with Crippen molar-refractivity contribution in [3.63, 3.8) is 0 Å². The zero-order valence-electron chi connectivity index (χ0n) is 24.5. The first-order valence-corrected chi connectivity index (χ1v) is 14.8. The molecule has 1 fully saturated rings. The number of carbonyl (C=O) groups is 1. The Hall–Kier alpha value is -4.24. The van der Waals surface area contributed by atoms with E-state index in [0.717, 1.165) is 59.5 Å². The Morgan fingerprint density at radius 2 is 1.95 bits per heavy atom. The molecule has 2 aliphatic rings. The summed E-state index contributed by atoms with van der Waals surface area (Å²) in [5.41, 5.74) is 9.30. The van der Waals surface area contributed by atoms with Crippen LogP contribution in [-0.4, -0.2) is 41.2 Å². The molecule has 216 valence electrons. The summed E-state index contributed by atoms with van der Waals surface area (Å²) in [5.74, 6) is 0.371. The maximum absolute atomic E-state index is 12.5. The van der Waals surface area contributed by atoms with Crippen molar-refractivity contribution in [3.05, 3.63) is 105 Å². The number of nitrogens with zero attached hydrogens (tertiary/aromatic N) is 6. The lowest BCUT2D eigenvalue weighted by atomic mass is 9.91. The fourth-order valence-corrected chi connectivity index (χ4v) is 5.51. The average molecular weight is 564 g/mol. The van der Waals surface area contributed by atoms with Crippen molar-refractivity contribution >= 4 is 11.5 Å². The zero-order valence-corrected chi connectivity index (χ0v) is 24.5. The van der Waals surface area contributed by atoms with Gasteiger partial charge in [-0.05, 0) is 99.3 Å². The summed E-state index contributed by atoms with van der Waals surface area (Å²) in [6.45, 7) is 6.65. The summed E-state index contributed by atoms with van der Waals surface area (Å²) in [4.78, 5) is 16.7. The number of unbranched alkanes of at least 4 members (excludes halogenated alkanes) is 1. The predicted molar refractivity (Wildman–Crippen MR) is 159 cm³/mol. The molecule has 0 bridgehead atoms. The van der Waals surface area contributed by atoms with Crippen LogP contribution in [0.4, 0.5) is 0 Å². The molecule has 1 aromatic carbocycles. The van der Waals surface area contributed by atoms with Crippen molar-refractivity contribution in [1.29, 1.82) is 0 Å². The van der Waals surface area contributed by atoms with Gasteiger partial charge in [0.15, 0.2) is 5.69 Å². The van der Waals surface area contributed by atoms with E-state index in [1.54, 1.807) is 17.1 Å². The Labute approximate surface area is 246 Å². The molecule has 2 N–H and O–H groups in total. The molecule has 0 atom stereocenters. The largest absolute Gasteiger partial charge is 0.386 e. The van der Waals surface area contributed by atoms with Gasteiger partial charge in [0.1, 0.15) is 0 Å². The quantitative estimate of drug-likeness (QED) is 0.254. The van der Waals surface area contributed by atoms with Gasteiger partial charge in [-0.1, -0.05) is 35.1 Å². The first-order chi connectivity index (χ1) is 20.2. The standard InChI is InChI=1S/C33H37N7O2/c1-21-10-11-22(18-34-21)19-35-32(41)30-20-40(39-38-30)14-5-4-9-26-16-28-29(37-36-26)17-27(23-12-13-23)31(28)24-7-6-8-25(15-24)33(2,3)42/h6-8,10-11,15-16,18,20,23,42H,4-5,9,12-14,17,19H2,1-3H3,(H,35,41). The lowest BCUT2D eigenvalue weighted by Crippen LogP contribution is -2.23. The Morgan fingerprint density at radius 1 is 1.10 bits per heavy atom. The number of fused-ring (bicyclic) bond motifs is 1. The maximum Gasteiger partial charge on any atom is 0.273 e. The molecule has 42 heavy (non-hydrogen) atoms. The van der Waals surface area contributed by atoms with Crippen molar-refractivity contribution in [3.8, 4) is 0 Å². The van der Waals surface area contributed by atoms with Crippen LogP contribution in [-0.2, 0) is 31.5 Å². The molecule has 3 aromatic heterocycles. The van der Waals surface area contributed by atoms with Crippen molar-refractivity contribution < 1.29 is 9.90 Å². The van der Waals surface area contributed by atoms with Crippen molar-refractivity contribution in [2.45, 2.75) is 78.0 Å². The predicted octanol–water partition coefficient (Wildman–Crippen LogP) is 4.72. The van der Waals surface area contributed by atoms with E-state index in [1.165, 1.54) is 29.6 Å². The van der Waals surface area contributed by atoms with Gasteiger partial charge in [0.25, 0.3) is 5.91 Å².